The quantitative estimate of drug-likeness (QED) is 0.733. The molecule has 1 aromatic rings. The van der Waals surface area contributed by atoms with Crippen LogP contribution in [-0.2, 0) is 0 Å². The molecule has 1 nitrogen and oxygen atoms in total. The number of hydrogen-bond acceptors (Lipinski definition) is 1. The number of aryl methyl sites for hydroxylation is 1. The molecule has 0 heterocycles. The number of benzene rings is 1. The van der Waals surface area contributed by atoms with E-state index in [1.165, 1.54) is 5.56 Å². The van der Waals surface area contributed by atoms with Crippen molar-refractivity contribution in [3.8, 4) is 0 Å². The second-order valence-electron chi connectivity index (χ2n) is 3.76. The first-order valence-corrected chi connectivity index (χ1v) is 5.00. The fourth-order valence-corrected chi connectivity index (χ4v) is 1.90. The monoisotopic (exact) mass is 196 g/mol. The van der Waals surface area contributed by atoms with Crippen molar-refractivity contribution in [1.82, 2.24) is 0 Å². The Labute approximate surface area is 83.3 Å². The summed E-state index contributed by atoms with van der Waals surface area (Å²) in [6.07, 6.45) is 1.86. The lowest BCUT2D eigenvalue weighted by atomic mass is 9.77. The summed E-state index contributed by atoms with van der Waals surface area (Å²) in [4.78, 5) is 0. The van der Waals surface area contributed by atoms with Crippen LogP contribution in [0.15, 0.2) is 18.2 Å². The molecule has 0 radical (unpaired) electrons. The molecule has 0 saturated heterocycles. The van der Waals surface area contributed by atoms with Gasteiger partial charge in [-0.2, -0.15) is 0 Å². The predicted octanol–water partition coefficient (Wildman–Crippen LogP) is 2.89. The third-order valence-electron chi connectivity index (χ3n) is 2.86. The van der Waals surface area contributed by atoms with E-state index in [1.807, 2.05) is 19.1 Å². The summed E-state index contributed by atoms with van der Waals surface area (Å²) in [7, 11) is 0. The van der Waals surface area contributed by atoms with E-state index < -0.39 is 0 Å². The second-order valence-corrected chi connectivity index (χ2v) is 4.17. The van der Waals surface area contributed by atoms with E-state index in [9.17, 15) is 5.11 Å². The van der Waals surface area contributed by atoms with E-state index >= 15 is 0 Å². The Kier molecular flexibility index (Phi) is 2.31. The van der Waals surface area contributed by atoms with Crippen molar-refractivity contribution < 1.29 is 5.11 Å². The van der Waals surface area contributed by atoms with Crippen LogP contribution in [0.4, 0.5) is 0 Å². The number of hydrogen-bond donors (Lipinski definition) is 1. The molecule has 0 spiro atoms. The van der Waals surface area contributed by atoms with Crippen LogP contribution < -0.4 is 0 Å². The van der Waals surface area contributed by atoms with Gasteiger partial charge in [-0.15, -0.1) is 0 Å². The van der Waals surface area contributed by atoms with Crippen LogP contribution in [0, 0.1) is 6.92 Å². The first-order valence-electron chi connectivity index (χ1n) is 4.62. The van der Waals surface area contributed by atoms with Gasteiger partial charge in [-0.1, -0.05) is 23.7 Å². The van der Waals surface area contributed by atoms with E-state index in [0.717, 1.165) is 23.4 Å². The minimum atomic E-state index is -0.154. The van der Waals surface area contributed by atoms with Gasteiger partial charge < -0.3 is 5.11 Å². The smallest absolute Gasteiger partial charge is 0.0609 e. The standard InChI is InChI=1S/C11H13ClO/c1-7-2-3-8(6-10(7)12)9-4-5-11(9)13/h2-3,6,9,11,13H,4-5H2,1H3. The van der Waals surface area contributed by atoms with Gasteiger partial charge >= 0.3 is 0 Å². The van der Waals surface area contributed by atoms with Crippen LogP contribution in [-0.4, -0.2) is 11.2 Å². The fourth-order valence-electron chi connectivity index (χ4n) is 1.71. The molecule has 0 aromatic heterocycles. The van der Waals surface area contributed by atoms with Crippen LogP contribution in [0.3, 0.4) is 0 Å². The molecule has 1 fully saturated rings. The SMILES string of the molecule is Cc1ccc(C2CCC2O)cc1Cl. The van der Waals surface area contributed by atoms with Gasteiger partial charge in [-0.05, 0) is 37.0 Å². The maximum Gasteiger partial charge on any atom is 0.0609 e. The minimum Gasteiger partial charge on any atom is -0.392 e. The summed E-state index contributed by atoms with van der Waals surface area (Å²) in [6, 6.07) is 6.06. The van der Waals surface area contributed by atoms with Crippen molar-refractivity contribution in [2.24, 2.45) is 0 Å². The molecule has 1 aromatic carbocycles. The highest BCUT2D eigenvalue weighted by Crippen LogP contribution is 2.37. The topological polar surface area (TPSA) is 20.2 Å². The maximum atomic E-state index is 9.48. The van der Waals surface area contributed by atoms with E-state index in [-0.39, 0.29) is 6.10 Å². The molecule has 70 valence electrons. The Bertz CT molecular complexity index is 322. The Morgan fingerprint density at radius 2 is 2.15 bits per heavy atom. The van der Waals surface area contributed by atoms with Gasteiger partial charge in [-0.3, -0.25) is 0 Å². The van der Waals surface area contributed by atoms with Crippen LogP contribution in [0.1, 0.15) is 29.9 Å². The highest BCUT2D eigenvalue weighted by molar-refractivity contribution is 6.31. The molecule has 1 aliphatic rings. The average molecular weight is 197 g/mol. The molecule has 0 bridgehead atoms. The largest absolute Gasteiger partial charge is 0.392 e. The minimum absolute atomic E-state index is 0.154. The van der Waals surface area contributed by atoms with E-state index in [0.29, 0.717) is 5.92 Å². The van der Waals surface area contributed by atoms with Crippen molar-refractivity contribution >= 4 is 11.6 Å². The van der Waals surface area contributed by atoms with Crippen LogP contribution in [0.5, 0.6) is 0 Å². The molecule has 1 aliphatic carbocycles. The summed E-state index contributed by atoms with van der Waals surface area (Å²) >= 11 is 6.01. The lowest BCUT2D eigenvalue weighted by Crippen LogP contribution is -2.28. The average Bonchev–Trinajstić information content (AvgIpc) is 2.09. The van der Waals surface area contributed by atoms with Crippen LogP contribution in [0.2, 0.25) is 5.02 Å². The molecule has 1 saturated carbocycles. The fraction of sp³-hybridized carbons (Fsp3) is 0.455. The van der Waals surface area contributed by atoms with Gasteiger partial charge in [0.25, 0.3) is 0 Å². The molecular formula is C11H13ClO. The normalized spacial score (nSPS) is 27.0. The Morgan fingerprint density at radius 1 is 1.38 bits per heavy atom. The zero-order chi connectivity index (χ0) is 9.42. The number of rotatable bonds is 1. The van der Waals surface area contributed by atoms with Crippen molar-refractivity contribution in [3.63, 3.8) is 0 Å². The number of aliphatic hydroxyl groups is 1. The lowest BCUT2D eigenvalue weighted by molar-refractivity contribution is 0.0661. The third kappa shape index (κ3) is 1.59. The van der Waals surface area contributed by atoms with Gasteiger partial charge in [0.15, 0.2) is 0 Å². The molecule has 0 amide bonds. The van der Waals surface area contributed by atoms with Gasteiger partial charge in [0.05, 0.1) is 6.10 Å². The Hall–Kier alpha value is -0.530. The highest BCUT2D eigenvalue weighted by Gasteiger charge is 2.30. The zero-order valence-corrected chi connectivity index (χ0v) is 8.38. The number of halogens is 1. The first-order chi connectivity index (χ1) is 6.18. The van der Waals surface area contributed by atoms with Gasteiger partial charge in [0.1, 0.15) is 0 Å². The van der Waals surface area contributed by atoms with E-state index in [4.69, 9.17) is 11.6 Å². The Balaban J connectivity index is 2.26. The molecule has 2 rings (SSSR count). The summed E-state index contributed by atoms with van der Waals surface area (Å²) in [5.74, 6) is 0.318. The molecule has 0 aliphatic heterocycles. The second kappa shape index (κ2) is 3.32. The lowest BCUT2D eigenvalue weighted by Gasteiger charge is -2.32. The Morgan fingerprint density at radius 3 is 2.62 bits per heavy atom. The van der Waals surface area contributed by atoms with Crippen molar-refractivity contribution in [2.75, 3.05) is 0 Å². The summed E-state index contributed by atoms with van der Waals surface area (Å²) in [5.41, 5.74) is 2.27. The van der Waals surface area contributed by atoms with E-state index in [2.05, 4.69) is 6.07 Å². The van der Waals surface area contributed by atoms with Gasteiger partial charge in [-0.25, -0.2) is 0 Å². The summed E-state index contributed by atoms with van der Waals surface area (Å²) in [6.45, 7) is 1.99. The highest BCUT2D eigenvalue weighted by atomic mass is 35.5. The van der Waals surface area contributed by atoms with Crippen molar-refractivity contribution in [3.05, 3.63) is 34.3 Å². The van der Waals surface area contributed by atoms with E-state index in [1.54, 1.807) is 0 Å². The predicted molar refractivity (Wildman–Crippen MR) is 54.2 cm³/mol. The summed E-state index contributed by atoms with van der Waals surface area (Å²) < 4.78 is 0. The summed E-state index contributed by atoms with van der Waals surface area (Å²) in [5, 5.41) is 10.3. The van der Waals surface area contributed by atoms with Gasteiger partial charge in [0, 0.05) is 10.9 Å². The van der Waals surface area contributed by atoms with Crippen molar-refractivity contribution in [1.29, 1.82) is 0 Å². The van der Waals surface area contributed by atoms with Gasteiger partial charge in [0.2, 0.25) is 0 Å². The van der Waals surface area contributed by atoms with Crippen LogP contribution >= 0.6 is 11.6 Å². The van der Waals surface area contributed by atoms with Crippen molar-refractivity contribution in [2.45, 2.75) is 31.8 Å². The molecule has 2 heteroatoms. The molecular weight excluding hydrogens is 184 g/mol. The molecule has 2 atom stereocenters. The molecule has 13 heavy (non-hydrogen) atoms. The van der Waals surface area contributed by atoms with Crippen LogP contribution in [0.25, 0.3) is 0 Å². The maximum absolute atomic E-state index is 9.48. The first kappa shape index (κ1) is 9.04. The molecule has 2 unspecified atom stereocenters. The molecule has 1 N–H and O–H groups in total. The number of aliphatic hydroxyl groups excluding tert-OH is 1. The third-order valence-corrected chi connectivity index (χ3v) is 3.27. The zero-order valence-electron chi connectivity index (χ0n) is 7.63.